The molecule has 1 amide bonds. The second-order valence-electron chi connectivity index (χ2n) is 5.14. The van der Waals surface area contributed by atoms with Crippen LogP contribution in [0.5, 0.6) is 0 Å². The van der Waals surface area contributed by atoms with Gasteiger partial charge in [-0.05, 0) is 13.0 Å². The summed E-state index contributed by atoms with van der Waals surface area (Å²) >= 11 is 5.82. The van der Waals surface area contributed by atoms with Crippen molar-refractivity contribution in [2.45, 2.75) is 13.0 Å². The molecule has 6 nitrogen and oxygen atoms in total. The van der Waals surface area contributed by atoms with E-state index in [1.54, 1.807) is 17.2 Å². The Morgan fingerprint density at radius 3 is 2.76 bits per heavy atom. The van der Waals surface area contributed by atoms with E-state index in [0.717, 1.165) is 13.1 Å². The SMILES string of the molecule is CCOCC(O)CN1CCN(C(=O)c2cc(Cl)c[nH]2)CC1. The number of aliphatic hydroxyl groups excluding tert-OH is 1. The number of nitrogens with zero attached hydrogens (tertiary/aromatic N) is 2. The summed E-state index contributed by atoms with van der Waals surface area (Å²) in [6, 6.07) is 1.64. The van der Waals surface area contributed by atoms with E-state index in [4.69, 9.17) is 16.3 Å². The van der Waals surface area contributed by atoms with Gasteiger partial charge in [0.2, 0.25) is 0 Å². The second kappa shape index (κ2) is 7.79. The van der Waals surface area contributed by atoms with Crippen LogP contribution in [0.15, 0.2) is 12.3 Å². The highest BCUT2D eigenvalue weighted by atomic mass is 35.5. The van der Waals surface area contributed by atoms with E-state index >= 15 is 0 Å². The van der Waals surface area contributed by atoms with Crippen LogP contribution in [-0.4, -0.2) is 77.8 Å². The van der Waals surface area contributed by atoms with E-state index in [1.807, 2.05) is 6.92 Å². The number of β-amino-alcohol motifs (C(OH)–C–C–N with tert-alkyl or cyclic N) is 1. The monoisotopic (exact) mass is 315 g/mol. The number of carbonyl (C=O) groups excluding carboxylic acids is 1. The Hall–Kier alpha value is -1.08. The first-order valence-corrected chi connectivity index (χ1v) is 7.59. The molecule has 2 heterocycles. The van der Waals surface area contributed by atoms with Gasteiger partial charge in [-0.3, -0.25) is 9.69 Å². The molecule has 2 rings (SSSR count). The molecule has 2 N–H and O–H groups in total. The van der Waals surface area contributed by atoms with Crippen molar-refractivity contribution in [2.75, 3.05) is 45.9 Å². The Bertz CT molecular complexity index is 458. The molecule has 0 aromatic carbocycles. The normalized spacial score (nSPS) is 18.0. The van der Waals surface area contributed by atoms with Crippen LogP contribution in [0.3, 0.4) is 0 Å². The molecule has 0 radical (unpaired) electrons. The molecule has 1 saturated heterocycles. The largest absolute Gasteiger partial charge is 0.389 e. The third kappa shape index (κ3) is 4.71. The number of ether oxygens (including phenoxy) is 1. The van der Waals surface area contributed by atoms with Crippen molar-refractivity contribution in [3.63, 3.8) is 0 Å². The number of amides is 1. The summed E-state index contributed by atoms with van der Waals surface area (Å²) in [6.07, 6.45) is 1.13. The van der Waals surface area contributed by atoms with Crippen molar-refractivity contribution in [1.29, 1.82) is 0 Å². The van der Waals surface area contributed by atoms with Gasteiger partial charge >= 0.3 is 0 Å². The van der Waals surface area contributed by atoms with Crippen LogP contribution in [0.2, 0.25) is 5.02 Å². The number of aromatic amines is 1. The number of aliphatic hydroxyl groups is 1. The maximum Gasteiger partial charge on any atom is 0.270 e. The number of aromatic nitrogens is 1. The number of hydrogen-bond donors (Lipinski definition) is 2. The average Bonchev–Trinajstić information content (AvgIpc) is 2.92. The number of piperazine rings is 1. The minimum Gasteiger partial charge on any atom is -0.389 e. The topological polar surface area (TPSA) is 68.8 Å². The molecule has 1 aromatic rings. The van der Waals surface area contributed by atoms with Gasteiger partial charge in [0.15, 0.2) is 0 Å². The van der Waals surface area contributed by atoms with E-state index in [0.29, 0.717) is 43.6 Å². The first-order chi connectivity index (χ1) is 10.1. The van der Waals surface area contributed by atoms with E-state index < -0.39 is 6.10 Å². The van der Waals surface area contributed by atoms with Gasteiger partial charge in [-0.25, -0.2) is 0 Å². The number of hydrogen-bond acceptors (Lipinski definition) is 4. The fourth-order valence-corrected chi connectivity index (χ4v) is 2.56. The molecular weight excluding hydrogens is 294 g/mol. The molecule has 1 atom stereocenters. The lowest BCUT2D eigenvalue weighted by Gasteiger charge is -2.35. The number of carbonyl (C=O) groups is 1. The van der Waals surface area contributed by atoms with Crippen molar-refractivity contribution < 1.29 is 14.6 Å². The van der Waals surface area contributed by atoms with Crippen molar-refractivity contribution in [3.05, 3.63) is 23.0 Å². The summed E-state index contributed by atoms with van der Waals surface area (Å²) in [5, 5.41) is 10.4. The Balaban J connectivity index is 1.76. The van der Waals surface area contributed by atoms with E-state index in [-0.39, 0.29) is 5.91 Å². The van der Waals surface area contributed by atoms with Gasteiger partial charge in [-0.1, -0.05) is 11.6 Å². The molecule has 1 unspecified atom stereocenters. The van der Waals surface area contributed by atoms with Crippen LogP contribution in [0.4, 0.5) is 0 Å². The van der Waals surface area contributed by atoms with Crippen LogP contribution in [0, 0.1) is 0 Å². The van der Waals surface area contributed by atoms with Crippen LogP contribution in [-0.2, 0) is 4.74 Å². The summed E-state index contributed by atoms with van der Waals surface area (Å²) in [5.74, 6) is -0.0311. The third-order valence-electron chi connectivity index (χ3n) is 3.52. The lowest BCUT2D eigenvalue weighted by atomic mass is 10.2. The van der Waals surface area contributed by atoms with Gasteiger partial charge in [0.05, 0.1) is 17.7 Å². The molecule has 1 aliphatic rings. The van der Waals surface area contributed by atoms with Crippen molar-refractivity contribution >= 4 is 17.5 Å². The van der Waals surface area contributed by atoms with Crippen LogP contribution < -0.4 is 0 Å². The summed E-state index contributed by atoms with van der Waals surface area (Å²) < 4.78 is 5.20. The van der Waals surface area contributed by atoms with Gasteiger partial charge in [-0.2, -0.15) is 0 Å². The Labute approximate surface area is 129 Å². The van der Waals surface area contributed by atoms with Crippen LogP contribution in [0.1, 0.15) is 17.4 Å². The predicted molar refractivity (Wildman–Crippen MR) is 80.6 cm³/mol. The molecule has 1 fully saturated rings. The summed E-state index contributed by atoms with van der Waals surface area (Å²) in [7, 11) is 0. The Morgan fingerprint density at radius 2 is 2.19 bits per heavy atom. The van der Waals surface area contributed by atoms with E-state index in [9.17, 15) is 9.90 Å². The smallest absolute Gasteiger partial charge is 0.270 e. The molecule has 7 heteroatoms. The van der Waals surface area contributed by atoms with Crippen molar-refractivity contribution in [1.82, 2.24) is 14.8 Å². The predicted octanol–water partition coefficient (Wildman–Crippen LogP) is 0.823. The minimum absolute atomic E-state index is 0.0311. The first kappa shape index (κ1) is 16.3. The van der Waals surface area contributed by atoms with Crippen LogP contribution in [0.25, 0.3) is 0 Å². The van der Waals surface area contributed by atoms with Gasteiger partial charge in [0.1, 0.15) is 5.69 Å². The van der Waals surface area contributed by atoms with E-state index in [1.165, 1.54) is 0 Å². The molecule has 0 saturated carbocycles. The maximum atomic E-state index is 12.2. The molecule has 0 bridgehead atoms. The molecule has 1 aliphatic heterocycles. The number of rotatable bonds is 6. The number of nitrogens with one attached hydrogen (secondary N) is 1. The number of H-pyrrole nitrogens is 1. The summed E-state index contributed by atoms with van der Waals surface area (Å²) in [5.41, 5.74) is 0.518. The third-order valence-corrected chi connectivity index (χ3v) is 3.74. The minimum atomic E-state index is -0.477. The van der Waals surface area contributed by atoms with Gasteiger partial charge in [0, 0.05) is 45.5 Å². The summed E-state index contributed by atoms with van der Waals surface area (Å²) in [4.78, 5) is 19.1. The molecule has 21 heavy (non-hydrogen) atoms. The van der Waals surface area contributed by atoms with Crippen LogP contribution >= 0.6 is 11.6 Å². The summed E-state index contributed by atoms with van der Waals surface area (Å²) in [6.45, 7) is 6.26. The molecular formula is C14H22ClN3O3. The zero-order valence-corrected chi connectivity index (χ0v) is 13.0. The first-order valence-electron chi connectivity index (χ1n) is 7.21. The highest BCUT2D eigenvalue weighted by Gasteiger charge is 2.24. The lowest BCUT2D eigenvalue weighted by molar-refractivity contribution is 0.0110. The fourth-order valence-electron chi connectivity index (χ4n) is 2.40. The Morgan fingerprint density at radius 1 is 1.48 bits per heavy atom. The lowest BCUT2D eigenvalue weighted by Crippen LogP contribution is -2.50. The number of halogens is 1. The van der Waals surface area contributed by atoms with Crippen molar-refractivity contribution in [2.24, 2.45) is 0 Å². The molecule has 0 aliphatic carbocycles. The van der Waals surface area contributed by atoms with Gasteiger partial charge in [0.25, 0.3) is 5.91 Å². The average molecular weight is 316 g/mol. The highest BCUT2D eigenvalue weighted by molar-refractivity contribution is 6.30. The zero-order valence-electron chi connectivity index (χ0n) is 12.2. The van der Waals surface area contributed by atoms with Gasteiger partial charge in [-0.15, -0.1) is 0 Å². The molecule has 118 valence electrons. The molecule has 1 aromatic heterocycles. The maximum absolute atomic E-state index is 12.2. The zero-order chi connectivity index (χ0) is 15.2. The second-order valence-corrected chi connectivity index (χ2v) is 5.57. The fraction of sp³-hybridized carbons (Fsp3) is 0.643. The van der Waals surface area contributed by atoms with Gasteiger partial charge < -0.3 is 19.7 Å². The quantitative estimate of drug-likeness (QED) is 0.815. The molecule has 0 spiro atoms. The van der Waals surface area contributed by atoms with E-state index in [2.05, 4.69) is 9.88 Å². The van der Waals surface area contributed by atoms with Crippen molar-refractivity contribution in [3.8, 4) is 0 Å². The standard InChI is InChI=1S/C14H22ClN3O3/c1-2-21-10-12(19)9-17-3-5-18(6-4-17)14(20)13-7-11(15)8-16-13/h7-8,12,16,19H,2-6,9-10H2,1H3. The highest BCUT2D eigenvalue weighted by Crippen LogP contribution is 2.13. The Kier molecular flexibility index (Phi) is 6.05.